The molecule has 6 nitrogen and oxygen atoms in total. The predicted octanol–water partition coefficient (Wildman–Crippen LogP) is 1.16. The second-order valence-corrected chi connectivity index (χ2v) is 5.26. The van der Waals surface area contributed by atoms with E-state index in [4.69, 9.17) is 4.74 Å². The standard InChI is InChI=1S/C16H20N2O4/c1-11-4-6-12(7-5-11)22-9-3-8-17-15(20)13-10-18(2)16(21)14(13)19/h4-7,19H,3,8-10H2,1-2H3,(H,17,20). The summed E-state index contributed by atoms with van der Waals surface area (Å²) < 4.78 is 5.55. The smallest absolute Gasteiger partial charge is 0.289 e. The molecule has 0 saturated heterocycles. The Morgan fingerprint density at radius 1 is 1.36 bits per heavy atom. The van der Waals surface area contributed by atoms with Gasteiger partial charge in [-0.3, -0.25) is 9.59 Å². The van der Waals surface area contributed by atoms with Crippen LogP contribution in [0.25, 0.3) is 0 Å². The van der Waals surface area contributed by atoms with Crippen molar-refractivity contribution < 1.29 is 19.4 Å². The van der Waals surface area contributed by atoms with Gasteiger partial charge >= 0.3 is 0 Å². The van der Waals surface area contributed by atoms with Crippen molar-refractivity contribution in [1.82, 2.24) is 10.2 Å². The number of likely N-dealkylation sites (N-methyl/N-ethyl adjacent to an activating group) is 1. The Morgan fingerprint density at radius 2 is 2.05 bits per heavy atom. The molecule has 6 heteroatoms. The van der Waals surface area contributed by atoms with Crippen molar-refractivity contribution in [2.45, 2.75) is 13.3 Å². The second-order valence-electron chi connectivity index (χ2n) is 5.26. The van der Waals surface area contributed by atoms with Crippen molar-refractivity contribution in [2.75, 3.05) is 26.7 Å². The minimum Gasteiger partial charge on any atom is -0.503 e. The Kier molecular flexibility index (Phi) is 5.04. The molecule has 0 aliphatic carbocycles. The van der Waals surface area contributed by atoms with Crippen molar-refractivity contribution in [3.05, 3.63) is 41.2 Å². The van der Waals surface area contributed by atoms with Gasteiger partial charge in [0.15, 0.2) is 5.76 Å². The van der Waals surface area contributed by atoms with Crippen LogP contribution in [0.15, 0.2) is 35.6 Å². The maximum atomic E-state index is 11.9. The minimum atomic E-state index is -0.521. The average molecular weight is 304 g/mol. The maximum absolute atomic E-state index is 11.9. The molecule has 2 rings (SSSR count). The van der Waals surface area contributed by atoms with Gasteiger partial charge in [-0.25, -0.2) is 0 Å². The van der Waals surface area contributed by atoms with Gasteiger partial charge in [0, 0.05) is 13.6 Å². The highest BCUT2D eigenvalue weighted by Gasteiger charge is 2.31. The molecule has 118 valence electrons. The zero-order valence-corrected chi connectivity index (χ0v) is 12.8. The van der Waals surface area contributed by atoms with E-state index in [1.807, 2.05) is 31.2 Å². The fourth-order valence-electron chi connectivity index (χ4n) is 2.08. The van der Waals surface area contributed by atoms with Crippen LogP contribution in [0, 0.1) is 6.92 Å². The van der Waals surface area contributed by atoms with Crippen molar-refractivity contribution in [3.8, 4) is 5.75 Å². The molecule has 0 bridgehead atoms. The van der Waals surface area contributed by atoms with Crippen molar-refractivity contribution in [2.24, 2.45) is 0 Å². The molecular formula is C16H20N2O4. The molecule has 0 fully saturated rings. The summed E-state index contributed by atoms with van der Waals surface area (Å²) in [5.74, 6) is -0.602. The number of aliphatic hydroxyl groups is 1. The van der Waals surface area contributed by atoms with E-state index >= 15 is 0 Å². The molecule has 0 aromatic heterocycles. The first-order valence-corrected chi connectivity index (χ1v) is 7.14. The zero-order valence-electron chi connectivity index (χ0n) is 12.8. The van der Waals surface area contributed by atoms with Crippen LogP contribution >= 0.6 is 0 Å². The van der Waals surface area contributed by atoms with Crippen molar-refractivity contribution in [3.63, 3.8) is 0 Å². The lowest BCUT2D eigenvalue weighted by atomic mass is 10.2. The lowest BCUT2D eigenvalue weighted by Crippen LogP contribution is -2.29. The zero-order chi connectivity index (χ0) is 16.1. The van der Waals surface area contributed by atoms with Gasteiger partial charge in [0.05, 0.1) is 18.7 Å². The lowest BCUT2D eigenvalue weighted by Gasteiger charge is -2.09. The summed E-state index contributed by atoms with van der Waals surface area (Å²) in [5, 5.41) is 12.3. The molecule has 0 unspecified atom stereocenters. The highest BCUT2D eigenvalue weighted by Crippen LogP contribution is 2.15. The number of hydrogen-bond acceptors (Lipinski definition) is 4. The first kappa shape index (κ1) is 15.9. The normalized spacial score (nSPS) is 14.5. The quantitative estimate of drug-likeness (QED) is 0.773. The molecule has 1 aromatic rings. The number of carbonyl (C=O) groups is 2. The molecule has 0 saturated carbocycles. The van der Waals surface area contributed by atoms with Crippen LogP contribution in [0.2, 0.25) is 0 Å². The van der Waals surface area contributed by atoms with E-state index < -0.39 is 17.6 Å². The fraction of sp³-hybridized carbons (Fsp3) is 0.375. The molecule has 0 radical (unpaired) electrons. The van der Waals surface area contributed by atoms with Gasteiger partial charge in [0.1, 0.15) is 5.75 Å². The average Bonchev–Trinajstić information content (AvgIpc) is 2.76. The first-order chi connectivity index (χ1) is 10.5. The fourth-order valence-corrected chi connectivity index (χ4v) is 2.08. The van der Waals surface area contributed by atoms with Crippen LogP contribution in [-0.4, -0.2) is 48.6 Å². The van der Waals surface area contributed by atoms with E-state index in [0.717, 1.165) is 5.75 Å². The van der Waals surface area contributed by atoms with E-state index in [2.05, 4.69) is 5.32 Å². The van der Waals surface area contributed by atoms with Crippen molar-refractivity contribution >= 4 is 11.8 Å². The number of ether oxygens (including phenoxy) is 1. The molecule has 1 heterocycles. The van der Waals surface area contributed by atoms with E-state index in [0.29, 0.717) is 19.6 Å². The highest BCUT2D eigenvalue weighted by molar-refractivity contribution is 6.06. The Hall–Kier alpha value is -2.50. The number of nitrogens with one attached hydrogen (secondary N) is 1. The van der Waals surface area contributed by atoms with Gasteiger partial charge in [-0.1, -0.05) is 17.7 Å². The number of benzene rings is 1. The van der Waals surface area contributed by atoms with E-state index in [1.165, 1.54) is 17.5 Å². The van der Waals surface area contributed by atoms with Crippen LogP contribution < -0.4 is 10.1 Å². The number of amides is 2. The van der Waals surface area contributed by atoms with Gasteiger partial charge < -0.3 is 20.1 Å². The van der Waals surface area contributed by atoms with Crippen LogP contribution in [-0.2, 0) is 9.59 Å². The number of rotatable bonds is 6. The third-order valence-corrected chi connectivity index (χ3v) is 3.40. The van der Waals surface area contributed by atoms with Gasteiger partial charge in [0.25, 0.3) is 11.8 Å². The van der Waals surface area contributed by atoms with E-state index in [9.17, 15) is 14.7 Å². The second kappa shape index (κ2) is 6.98. The number of nitrogens with zero attached hydrogens (tertiary/aromatic N) is 1. The number of hydrogen-bond donors (Lipinski definition) is 2. The van der Waals surface area contributed by atoms with Gasteiger partial charge in [-0.15, -0.1) is 0 Å². The molecule has 0 atom stereocenters. The summed E-state index contributed by atoms with van der Waals surface area (Å²) in [4.78, 5) is 24.6. The summed E-state index contributed by atoms with van der Waals surface area (Å²) in [7, 11) is 1.54. The Bertz CT molecular complexity index is 593. The topological polar surface area (TPSA) is 78.9 Å². The third kappa shape index (κ3) is 3.78. The van der Waals surface area contributed by atoms with Crippen LogP contribution in [0.3, 0.4) is 0 Å². The van der Waals surface area contributed by atoms with Crippen LogP contribution in [0.5, 0.6) is 5.75 Å². The van der Waals surface area contributed by atoms with Crippen molar-refractivity contribution in [1.29, 1.82) is 0 Å². The summed E-state index contributed by atoms with van der Waals surface area (Å²) in [5.41, 5.74) is 1.29. The monoisotopic (exact) mass is 304 g/mol. The Balaban J connectivity index is 1.70. The summed E-state index contributed by atoms with van der Waals surface area (Å²) >= 11 is 0. The highest BCUT2D eigenvalue weighted by atomic mass is 16.5. The van der Waals surface area contributed by atoms with E-state index in [-0.39, 0.29) is 12.1 Å². The largest absolute Gasteiger partial charge is 0.503 e. The summed E-state index contributed by atoms with van der Waals surface area (Å²) in [6.07, 6.45) is 0.636. The van der Waals surface area contributed by atoms with Crippen LogP contribution in [0.1, 0.15) is 12.0 Å². The molecule has 1 aromatic carbocycles. The third-order valence-electron chi connectivity index (χ3n) is 3.40. The number of aryl methyl sites for hydroxylation is 1. The summed E-state index contributed by atoms with van der Waals surface area (Å²) in [6.45, 7) is 3.04. The molecule has 0 spiro atoms. The predicted molar refractivity (Wildman–Crippen MR) is 81.6 cm³/mol. The molecule has 2 N–H and O–H groups in total. The molecule has 1 aliphatic rings. The molecular weight excluding hydrogens is 284 g/mol. The summed E-state index contributed by atoms with van der Waals surface area (Å²) in [6, 6.07) is 7.74. The van der Waals surface area contributed by atoms with Gasteiger partial charge in [-0.2, -0.15) is 0 Å². The Labute approximate surface area is 129 Å². The molecule has 1 aliphatic heterocycles. The maximum Gasteiger partial charge on any atom is 0.289 e. The first-order valence-electron chi connectivity index (χ1n) is 7.14. The number of carbonyl (C=O) groups excluding carboxylic acids is 2. The lowest BCUT2D eigenvalue weighted by molar-refractivity contribution is -0.126. The molecule has 2 amide bonds. The van der Waals surface area contributed by atoms with Gasteiger partial charge in [0.2, 0.25) is 0 Å². The Morgan fingerprint density at radius 3 is 2.64 bits per heavy atom. The molecule has 22 heavy (non-hydrogen) atoms. The minimum absolute atomic E-state index is 0.118. The van der Waals surface area contributed by atoms with Crippen LogP contribution in [0.4, 0.5) is 0 Å². The number of aliphatic hydroxyl groups excluding tert-OH is 1. The van der Waals surface area contributed by atoms with Gasteiger partial charge in [-0.05, 0) is 25.5 Å². The SMILES string of the molecule is Cc1ccc(OCCCNC(=O)C2=C(O)C(=O)N(C)C2)cc1. The van der Waals surface area contributed by atoms with E-state index in [1.54, 1.807) is 0 Å².